The molecule has 1 aromatic carbocycles. The second-order valence-electron chi connectivity index (χ2n) is 3.87. The third kappa shape index (κ3) is 2.96. The van der Waals surface area contributed by atoms with Crippen molar-refractivity contribution in [2.45, 2.75) is 12.6 Å². The highest BCUT2D eigenvalue weighted by Gasteiger charge is 2.35. The largest absolute Gasteiger partial charge is 0.467 e. The van der Waals surface area contributed by atoms with Gasteiger partial charge in [0.25, 0.3) is 0 Å². The van der Waals surface area contributed by atoms with Crippen LogP contribution in [0, 0.1) is 0 Å². The summed E-state index contributed by atoms with van der Waals surface area (Å²) < 4.78 is 5.53. The highest BCUT2D eigenvalue weighted by atomic mass is 35.5. The van der Waals surface area contributed by atoms with Crippen LogP contribution in [0.5, 0.6) is 0 Å². The fourth-order valence-electron chi connectivity index (χ4n) is 1.74. The molecule has 2 rings (SSSR count). The van der Waals surface area contributed by atoms with Gasteiger partial charge in [0.15, 0.2) is 0 Å². The van der Waals surface area contributed by atoms with E-state index in [-0.39, 0.29) is 12.0 Å². The molecule has 0 N–H and O–H groups in total. The second kappa shape index (κ2) is 5.91. The van der Waals surface area contributed by atoms with Gasteiger partial charge in [-0.1, -0.05) is 47.7 Å². The molecular weight excluding hydrogens is 290 g/mol. The molecule has 1 aliphatic heterocycles. The average molecular weight is 302 g/mol. The number of hydrogen-bond acceptors (Lipinski definition) is 4. The fourth-order valence-corrected chi connectivity index (χ4v) is 3.24. The van der Waals surface area contributed by atoms with Crippen LogP contribution in [0.15, 0.2) is 24.3 Å². The molecule has 0 amide bonds. The van der Waals surface area contributed by atoms with Gasteiger partial charge in [-0.05, 0) is 17.7 Å². The number of hydrogen-bond donors (Lipinski definition) is 0. The maximum atomic E-state index is 11.7. The van der Waals surface area contributed by atoms with Crippen LogP contribution in [0.2, 0.25) is 5.02 Å². The Hall–Kier alpha value is -0.780. The maximum Gasteiger partial charge on any atom is 0.329 e. The number of methoxy groups -OCH3 is 1. The highest BCUT2D eigenvalue weighted by molar-refractivity contribution is 8.23. The van der Waals surface area contributed by atoms with Gasteiger partial charge in [0.2, 0.25) is 0 Å². The Morgan fingerprint density at radius 1 is 1.56 bits per heavy atom. The molecule has 1 heterocycles. The number of carbonyl (C=O) groups excluding carboxylic acids is 1. The van der Waals surface area contributed by atoms with Crippen LogP contribution in [-0.4, -0.2) is 34.1 Å². The molecule has 1 aliphatic rings. The van der Waals surface area contributed by atoms with Crippen LogP contribution in [0.4, 0.5) is 0 Å². The predicted octanol–water partition coefficient (Wildman–Crippen LogP) is 2.72. The number of esters is 1. The highest BCUT2D eigenvalue weighted by Crippen LogP contribution is 2.27. The number of halogens is 1. The Balaban J connectivity index is 2.12. The Morgan fingerprint density at radius 3 is 2.83 bits per heavy atom. The van der Waals surface area contributed by atoms with Crippen LogP contribution in [0.1, 0.15) is 5.56 Å². The van der Waals surface area contributed by atoms with Crippen LogP contribution in [0.25, 0.3) is 0 Å². The minimum absolute atomic E-state index is 0.240. The maximum absolute atomic E-state index is 11.7. The first kappa shape index (κ1) is 13.6. The molecule has 0 aliphatic carbocycles. The van der Waals surface area contributed by atoms with Crippen molar-refractivity contribution in [2.24, 2.45) is 0 Å². The summed E-state index contributed by atoms with van der Waals surface area (Å²) in [6.45, 7) is 0.600. The normalized spacial score (nSPS) is 19.1. The van der Waals surface area contributed by atoms with E-state index in [4.69, 9.17) is 28.6 Å². The van der Waals surface area contributed by atoms with Crippen molar-refractivity contribution in [2.75, 3.05) is 12.9 Å². The Bertz CT molecular complexity index is 464. The van der Waals surface area contributed by atoms with Gasteiger partial charge < -0.3 is 9.64 Å². The topological polar surface area (TPSA) is 29.5 Å². The van der Waals surface area contributed by atoms with E-state index in [0.717, 1.165) is 9.88 Å². The number of thiocarbonyl (C=S) groups is 1. The zero-order chi connectivity index (χ0) is 13.1. The van der Waals surface area contributed by atoms with Gasteiger partial charge in [0, 0.05) is 17.3 Å². The molecule has 0 spiro atoms. The molecule has 1 atom stereocenters. The minimum Gasteiger partial charge on any atom is -0.467 e. The molecule has 0 bridgehead atoms. The standard InChI is InChI=1S/C12H12ClNO2S2/c1-16-11(15)10-7-18-12(17)14(10)6-8-2-4-9(13)5-3-8/h2-5,10H,6-7H2,1H3. The number of nitrogens with zero attached hydrogens (tertiary/aromatic N) is 1. The van der Waals surface area contributed by atoms with Gasteiger partial charge in [0.05, 0.1) is 7.11 Å². The van der Waals surface area contributed by atoms with Crippen LogP contribution in [-0.2, 0) is 16.1 Å². The fraction of sp³-hybridized carbons (Fsp3) is 0.333. The molecule has 1 unspecified atom stereocenters. The number of carbonyl (C=O) groups is 1. The van der Waals surface area contributed by atoms with Crippen molar-refractivity contribution in [1.29, 1.82) is 0 Å². The van der Waals surface area contributed by atoms with E-state index in [1.54, 1.807) is 0 Å². The van der Waals surface area contributed by atoms with Crippen molar-refractivity contribution < 1.29 is 9.53 Å². The quantitative estimate of drug-likeness (QED) is 0.632. The lowest BCUT2D eigenvalue weighted by Crippen LogP contribution is -2.39. The van der Waals surface area contributed by atoms with E-state index in [0.29, 0.717) is 17.3 Å². The van der Waals surface area contributed by atoms with Crippen molar-refractivity contribution in [3.05, 3.63) is 34.9 Å². The van der Waals surface area contributed by atoms with Crippen molar-refractivity contribution in [1.82, 2.24) is 4.90 Å². The van der Waals surface area contributed by atoms with Gasteiger partial charge >= 0.3 is 5.97 Å². The van der Waals surface area contributed by atoms with E-state index in [9.17, 15) is 4.79 Å². The molecule has 1 saturated heterocycles. The Kier molecular flexibility index (Phi) is 4.48. The van der Waals surface area contributed by atoms with Crippen molar-refractivity contribution >= 4 is 45.9 Å². The Labute approximate surface area is 120 Å². The first-order valence-corrected chi connectivity index (χ1v) is 7.14. The summed E-state index contributed by atoms with van der Waals surface area (Å²) in [7, 11) is 1.40. The van der Waals surface area contributed by atoms with Crippen LogP contribution >= 0.6 is 35.6 Å². The number of benzene rings is 1. The summed E-state index contributed by atoms with van der Waals surface area (Å²) in [6.07, 6.45) is 0. The predicted molar refractivity (Wildman–Crippen MR) is 77.9 cm³/mol. The SMILES string of the molecule is COC(=O)C1CSC(=S)N1Cc1ccc(Cl)cc1. The number of rotatable bonds is 3. The summed E-state index contributed by atoms with van der Waals surface area (Å²) in [6, 6.07) is 7.24. The Morgan fingerprint density at radius 2 is 2.22 bits per heavy atom. The van der Waals surface area contributed by atoms with E-state index in [1.807, 2.05) is 29.2 Å². The average Bonchev–Trinajstić information content (AvgIpc) is 2.73. The molecule has 1 aromatic rings. The summed E-state index contributed by atoms with van der Waals surface area (Å²) >= 11 is 12.6. The van der Waals surface area contributed by atoms with Gasteiger partial charge in [-0.2, -0.15) is 0 Å². The summed E-state index contributed by atoms with van der Waals surface area (Å²) in [5.41, 5.74) is 1.07. The molecule has 0 aromatic heterocycles. The summed E-state index contributed by atoms with van der Waals surface area (Å²) in [5.74, 6) is 0.412. The molecule has 0 saturated carbocycles. The number of ether oxygens (including phenoxy) is 1. The zero-order valence-corrected chi connectivity index (χ0v) is 12.1. The van der Waals surface area contributed by atoms with Crippen LogP contribution < -0.4 is 0 Å². The molecule has 1 fully saturated rings. The summed E-state index contributed by atoms with van der Waals surface area (Å²) in [5, 5.41) is 0.696. The van der Waals surface area contributed by atoms with Crippen molar-refractivity contribution in [3.63, 3.8) is 0 Å². The van der Waals surface area contributed by atoms with E-state index in [2.05, 4.69) is 0 Å². The summed E-state index contributed by atoms with van der Waals surface area (Å²) in [4.78, 5) is 13.6. The molecule has 3 nitrogen and oxygen atoms in total. The lowest BCUT2D eigenvalue weighted by Gasteiger charge is -2.23. The van der Waals surface area contributed by atoms with Gasteiger partial charge in [-0.3, -0.25) is 0 Å². The zero-order valence-electron chi connectivity index (χ0n) is 9.76. The first-order valence-electron chi connectivity index (χ1n) is 5.37. The van der Waals surface area contributed by atoms with Gasteiger partial charge in [-0.15, -0.1) is 0 Å². The molecular formula is C12H12ClNO2S2. The smallest absolute Gasteiger partial charge is 0.329 e. The molecule has 6 heteroatoms. The van der Waals surface area contributed by atoms with E-state index < -0.39 is 0 Å². The van der Waals surface area contributed by atoms with E-state index in [1.165, 1.54) is 18.9 Å². The van der Waals surface area contributed by atoms with Crippen molar-refractivity contribution in [3.8, 4) is 0 Å². The van der Waals surface area contributed by atoms with Gasteiger partial charge in [0.1, 0.15) is 10.4 Å². The lowest BCUT2D eigenvalue weighted by atomic mass is 10.2. The minimum atomic E-state index is -0.289. The third-order valence-corrected chi connectivity index (χ3v) is 4.52. The second-order valence-corrected chi connectivity index (χ2v) is 5.96. The van der Waals surface area contributed by atoms with E-state index >= 15 is 0 Å². The number of thioether (sulfide) groups is 1. The monoisotopic (exact) mass is 301 g/mol. The van der Waals surface area contributed by atoms with Crippen LogP contribution in [0.3, 0.4) is 0 Å². The molecule has 0 radical (unpaired) electrons. The third-order valence-electron chi connectivity index (χ3n) is 2.71. The first-order chi connectivity index (χ1) is 8.61. The lowest BCUT2D eigenvalue weighted by molar-refractivity contribution is -0.144. The van der Waals surface area contributed by atoms with Gasteiger partial charge in [-0.25, -0.2) is 4.79 Å². The molecule has 96 valence electrons. The molecule has 18 heavy (non-hydrogen) atoms.